The molecule has 410 valence electrons. The first-order valence-corrected chi connectivity index (χ1v) is 27.2. The lowest BCUT2D eigenvalue weighted by atomic mass is 9.90. The molecule has 76 heavy (non-hydrogen) atoms. The van der Waals surface area contributed by atoms with Gasteiger partial charge < -0.3 is 66.5 Å². The van der Waals surface area contributed by atoms with Crippen LogP contribution in [0.1, 0.15) is 87.4 Å². The van der Waals surface area contributed by atoms with E-state index in [-0.39, 0.29) is 83.7 Å². The molecule has 2 aromatic rings. The summed E-state index contributed by atoms with van der Waals surface area (Å²) in [6.45, 7) is 7.51. The van der Waals surface area contributed by atoms with Crippen LogP contribution in [0.25, 0.3) is 33.4 Å². The molecule has 4 atom stereocenters. The maximum atomic E-state index is 13.1. The van der Waals surface area contributed by atoms with Crippen molar-refractivity contribution >= 4 is 81.1 Å². The summed E-state index contributed by atoms with van der Waals surface area (Å²) < 4.78 is 22.6. The lowest BCUT2D eigenvalue weighted by molar-refractivity contribution is -0.129. The van der Waals surface area contributed by atoms with Crippen molar-refractivity contribution in [3.63, 3.8) is 0 Å². The average Bonchev–Trinajstić information content (AvgIpc) is 3.94. The predicted octanol–water partition coefficient (Wildman–Crippen LogP) is 4.97. The van der Waals surface area contributed by atoms with Gasteiger partial charge in [0.1, 0.15) is 17.1 Å². The van der Waals surface area contributed by atoms with E-state index < -0.39 is 29.6 Å². The number of carbonyl (C=O) groups excluding carboxylic acids is 5. The molecule has 20 nitrogen and oxygen atoms in total. The molecule has 1 aliphatic carbocycles. The number of phenols is 1. The first-order chi connectivity index (χ1) is 36.6. The van der Waals surface area contributed by atoms with E-state index in [1.807, 2.05) is 0 Å². The van der Waals surface area contributed by atoms with Crippen molar-refractivity contribution in [1.29, 1.82) is 0 Å². The molecule has 2 fully saturated rings. The van der Waals surface area contributed by atoms with E-state index in [1.54, 1.807) is 24.3 Å². The Bertz CT molecular complexity index is 2720. The molecular formula is C54H69N7O13S2. The molecule has 0 saturated carbocycles. The number of aromatic hydroxyl groups is 1. The minimum Gasteiger partial charge on any atom is -0.508 e. The van der Waals surface area contributed by atoms with E-state index in [0.717, 1.165) is 37.8 Å². The van der Waals surface area contributed by atoms with E-state index in [1.165, 1.54) is 36.1 Å². The Hall–Kier alpha value is -6.59. The summed E-state index contributed by atoms with van der Waals surface area (Å²) in [4.78, 5) is 87.1. The molecule has 0 bridgehead atoms. The number of allylic oxidation sites excluding steroid dienone is 1. The molecule has 0 radical (unpaired) electrons. The van der Waals surface area contributed by atoms with Crippen LogP contribution in [-0.4, -0.2) is 133 Å². The molecule has 4 aliphatic rings. The van der Waals surface area contributed by atoms with Crippen LogP contribution in [0.3, 0.4) is 0 Å². The fraction of sp³-hybridized carbons (Fsp3) is 0.481. The number of aromatic carboxylic acids is 1. The zero-order chi connectivity index (χ0) is 54.4. The highest BCUT2D eigenvalue weighted by atomic mass is 32.2. The lowest BCUT2D eigenvalue weighted by Gasteiger charge is -2.18. The fourth-order valence-electron chi connectivity index (χ4n) is 9.09. The predicted molar refractivity (Wildman–Crippen MR) is 293 cm³/mol. The van der Waals surface area contributed by atoms with Crippen molar-refractivity contribution in [2.45, 2.75) is 94.4 Å². The number of ketones is 1. The molecule has 1 unspecified atom stereocenters. The number of thiocarbonyl (C=S) groups is 1. The number of phenolic OH excluding ortho intramolecular Hbond substituents is 1. The second-order valence-electron chi connectivity index (χ2n) is 18.7. The van der Waals surface area contributed by atoms with E-state index in [2.05, 4.69) is 50.2 Å². The van der Waals surface area contributed by atoms with Crippen LogP contribution in [0.2, 0.25) is 0 Å². The van der Waals surface area contributed by atoms with Gasteiger partial charge in [-0.05, 0) is 104 Å². The largest absolute Gasteiger partial charge is 0.508 e. The number of nitrogens with two attached hydrogens (primary N) is 1. The zero-order valence-corrected chi connectivity index (χ0v) is 44.2. The number of carboxylic acid groups (broad SMARTS) is 1. The van der Waals surface area contributed by atoms with Gasteiger partial charge in [0.25, 0.3) is 0 Å². The molecule has 2 aromatic carbocycles. The number of unbranched alkanes of at least 4 members (excludes halogenated alkanes) is 1. The number of hydrogen-bond acceptors (Lipinski definition) is 15. The molecule has 2 saturated heterocycles. The highest BCUT2D eigenvalue weighted by molar-refractivity contribution is 8.00. The number of amides is 4. The third-order valence-electron chi connectivity index (χ3n) is 12.9. The number of carboxylic acids is 1. The molecule has 0 aromatic heterocycles. The molecule has 4 amide bonds. The minimum atomic E-state index is -1.25. The number of primary amides is 1. The summed E-state index contributed by atoms with van der Waals surface area (Å²) in [7, 11) is 0. The molecule has 22 heteroatoms. The molecule has 3 heterocycles. The Morgan fingerprint density at radius 2 is 1.49 bits per heavy atom. The fourth-order valence-corrected chi connectivity index (χ4v) is 11.0. The van der Waals surface area contributed by atoms with Crippen molar-refractivity contribution in [1.82, 2.24) is 26.6 Å². The normalized spacial score (nSPS) is 16.2. The Kier molecular flexibility index (Phi) is 23.3. The van der Waals surface area contributed by atoms with Gasteiger partial charge in [-0.2, -0.15) is 11.8 Å². The lowest BCUT2D eigenvalue weighted by Crippen LogP contribution is -2.43. The maximum Gasteiger partial charge on any atom is 0.336 e. The number of thioether (sulfide) groups is 1. The molecule has 10 N–H and O–H groups in total. The van der Waals surface area contributed by atoms with Crippen LogP contribution >= 0.6 is 24.0 Å². The van der Waals surface area contributed by atoms with Gasteiger partial charge in [0.15, 0.2) is 16.3 Å². The van der Waals surface area contributed by atoms with Crippen LogP contribution in [0.4, 0.5) is 5.69 Å². The van der Waals surface area contributed by atoms with Crippen molar-refractivity contribution in [3.05, 3.63) is 82.7 Å². The number of benzene rings is 3. The summed E-state index contributed by atoms with van der Waals surface area (Å²) in [5.41, 5.74) is 7.93. The van der Waals surface area contributed by atoms with Crippen LogP contribution in [0.15, 0.2) is 76.1 Å². The standard InChI is InChI=1S/C54H69N7O13S2/c1-33-28-34-32-76-46(52(34)59-33)6-2-3-7-48(66)56-19-4-22-71-24-26-73-27-25-72-23-5-20-57-49(67)17-15-43(64)42(14-16-47(55)65)61-50(68)18-21-58-54(75)60-35-8-11-38(41(29-35)53(69)70)51-39-12-9-36(62)30-44(39)74-45-31-37(63)10-13-40(45)51/h8-13,29-31,34,42,46,52,59,62H,1-7,14-28,32H2,(H2,55,65)(H,56,66)(H,57,67)(H,61,68)(H,69,70)(H2,58,60,75)/t34-,42?,46+,52-/m0/s1. The van der Waals surface area contributed by atoms with Gasteiger partial charge in [-0.3, -0.25) is 28.8 Å². The Morgan fingerprint density at radius 3 is 2.20 bits per heavy atom. The van der Waals surface area contributed by atoms with E-state index in [4.69, 9.17) is 36.6 Å². The monoisotopic (exact) mass is 1090 g/mol. The smallest absolute Gasteiger partial charge is 0.336 e. The highest BCUT2D eigenvalue weighted by Gasteiger charge is 2.40. The SMILES string of the molecule is C=C1C[C@H]2CS[C@H](CCCCC(=O)NCCCOCCOCCOCCCNC(=O)CCC(=O)C(CCC(N)=O)NC(=O)CCNC(=S)Nc3ccc(-c4c5ccc(=O)cc-5oc5cc(O)ccc45)c(C(=O)O)c3)[C@H]2N1. The maximum absolute atomic E-state index is 13.1. The highest BCUT2D eigenvalue weighted by Crippen LogP contribution is 2.43. The van der Waals surface area contributed by atoms with Crippen LogP contribution in [0, 0.1) is 5.92 Å². The number of nitrogens with one attached hydrogen (secondary N) is 6. The van der Waals surface area contributed by atoms with Gasteiger partial charge in [-0.15, -0.1) is 0 Å². The topological polar surface area (TPSA) is 299 Å². The third-order valence-corrected chi connectivity index (χ3v) is 14.7. The molecule has 6 rings (SSSR count). The molecule has 0 spiro atoms. The number of fused-ring (bicyclic) bond motifs is 3. The van der Waals surface area contributed by atoms with Gasteiger partial charge in [-0.25, -0.2) is 4.79 Å². The first-order valence-electron chi connectivity index (χ1n) is 25.7. The summed E-state index contributed by atoms with van der Waals surface area (Å²) in [5.74, 6) is -1.09. The van der Waals surface area contributed by atoms with E-state index in [0.29, 0.717) is 111 Å². The van der Waals surface area contributed by atoms with Crippen molar-refractivity contribution in [2.75, 3.05) is 70.3 Å². The summed E-state index contributed by atoms with van der Waals surface area (Å²) in [5, 5.41) is 39.3. The first kappa shape index (κ1) is 58.7. The van der Waals surface area contributed by atoms with Crippen molar-refractivity contribution in [2.24, 2.45) is 11.7 Å². The number of anilines is 1. The Balaban J connectivity index is 0.789. The number of hydrogen-bond donors (Lipinski definition) is 9. The third kappa shape index (κ3) is 18.6. The minimum absolute atomic E-state index is 0.0217. The van der Waals surface area contributed by atoms with Crippen LogP contribution in [-0.2, 0) is 38.2 Å². The number of ether oxygens (including phenoxy) is 3. The van der Waals surface area contributed by atoms with Gasteiger partial charge in [0.05, 0.1) is 38.0 Å². The summed E-state index contributed by atoms with van der Waals surface area (Å²) in [6, 6.07) is 12.7. The van der Waals surface area contributed by atoms with Gasteiger partial charge in [0.2, 0.25) is 23.6 Å². The second-order valence-corrected chi connectivity index (χ2v) is 20.4. The summed E-state index contributed by atoms with van der Waals surface area (Å²) >= 11 is 7.46. The van der Waals surface area contributed by atoms with Gasteiger partial charge in [-0.1, -0.05) is 19.1 Å². The van der Waals surface area contributed by atoms with Crippen LogP contribution in [0.5, 0.6) is 5.75 Å². The van der Waals surface area contributed by atoms with Crippen LogP contribution < -0.4 is 43.1 Å². The van der Waals surface area contributed by atoms with Crippen molar-refractivity contribution < 1.29 is 57.6 Å². The molecular weight excluding hydrogens is 1020 g/mol. The van der Waals surface area contributed by atoms with Crippen molar-refractivity contribution in [3.8, 4) is 28.2 Å². The average molecular weight is 1090 g/mol. The van der Waals surface area contributed by atoms with E-state index in [9.17, 15) is 43.8 Å². The number of Topliss-reactive ketones (excluding diaryl/α,β-unsaturated/α-hetero) is 1. The quantitative estimate of drug-likeness (QED) is 0.0173. The number of carbonyl (C=O) groups is 6. The van der Waals surface area contributed by atoms with Gasteiger partial charge >= 0.3 is 5.97 Å². The molecule has 3 aliphatic heterocycles. The zero-order valence-electron chi connectivity index (χ0n) is 42.5. The Labute approximate surface area is 450 Å². The number of rotatable bonds is 33. The summed E-state index contributed by atoms with van der Waals surface area (Å²) in [6.07, 6.45) is 5.32. The van der Waals surface area contributed by atoms with E-state index >= 15 is 0 Å². The second kappa shape index (κ2) is 30.2. The Morgan fingerprint density at radius 1 is 0.789 bits per heavy atom. The van der Waals surface area contributed by atoms with Gasteiger partial charge in [0, 0.05) is 116 Å².